The van der Waals surface area contributed by atoms with Gasteiger partial charge < -0.3 is 20.3 Å². The SMILES string of the molecule is CCC(O)CC(CC(CC(C)C(=O)O)C(=O)NC(C)(C)CS(=O)(=O)O)OC(C)=O. The van der Waals surface area contributed by atoms with Gasteiger partial charge in [0, 0.05) is 19.3 Å². The van der Waals surface area contributed by atoms with Crippen LogP contribution in [0.4, 0.5) is 0 Å². The number of carbonyl (C=O) groups is 3. The molecule has 0 radical (unpaired) electrons. The second-order valence-corrected chi connectivity index (χ2v) is 9.49. The van der Waals surface area contributed by atoms with Gasteiger partial charge in [-0.25, -0.2) is 0 Å². The smallest absolute Gasteiger partial charge is 0.306 e. The average Bonchev–Trinajstić information content (AvgIpc) is 2.49. The summed E-state index contributed by atoms with van der Waals surface area (Å²) in [5.41, 5.74) is -1.31. The predicted octanol–water partition coefficient (Wildman–Crippen LogP) is 0.979. The minimum atomic E-state index is -4.36. The summed E-state index contributed by atoms with van der Waals surface area (Å²) in [5, 5.41) is 21.6. The first-order valence-corrected chi connectivity index (χ1v) is 11.0. The van der Waals surface area contributed by atoms with E-state index in [4.69, 9.17) is 9.29 Å². The van der Waals surface area contributed by atoms with Crippen molar-refractivity contribution in [3.63, 3.8) is 0 Å². The maximum absolute atomic E-state index is 12.8. The van der Waals surface area contributed by atoms with Crippen LogP contribution in [0.3, 0.4) is 0 Å². The van der Waals surface area contributed by atoms with Crippen LogP contribution in [0.2, 0.25) is 0 Å². The zero-order valence-electron chi connectivity index (χ0n) is 17.5. The Balaban J connectivity index is 5.55. The van der Waals surface area contributed by atoms with Gasteiger partial charge in [-0.1, -0.05) is 13.8 Å². The molecule has 0 fully saturated rings. The van der Waals surface area contributed by atoms with E-state index in [2.05, 4.69) is 5.32 Å². The van der Waals surface area contributed by atoms with Crippen LogP contribution in [0.25, 0.3) is 0 Å². The molecule has 0 aliphatic heterocycles. The first-order chi connectivity index (χ1) is 13.1. The standard InChI is InChI=1S/C18H33NO9S/c1-6-14(21)9-15(28-12(3)20)8-13(7-11(2)17(23)24)16(22)19-18(4,5)10-29(25,26)27/h11,13-15,21H,6-10H2,1-5H3,(H,19,22)(H,23,24)(H,25,26,27). The Morgan fingerprint density at radius 2 is 1.69 bits per heavy atom. The Bertz CT molecular complexity index is 675. The molecule has 0 bridgehead atoms. The topological polar surface area (TPSA) is 167 Å². The van der Waals surface area contributed by atoms with Crippen molar-refractivity contribution in [2.75, 3.05) is 5.75 Å². The number of aliphatic carboxylic acids is 1. The number of carbonyl (C=O) groups excluding carboxylic acids is 2. The minimum absolute atomic E-state index is 0.0396. The molecule has 0 heterocycles. The highest BCUT2D eigenvalue weighted by Crippen LogP contribution is 2.24. The van der Waals surface area contributed by atoms with Crippen molar-refractivity contribution in [3.8, 4) is 0 Å². The van der Waals surface area contributed by atoms with Crippen molar-refractivity contribution in [1.82, 2.24) is 5.32 Å². The number of hydrogen-bond donors (Lipinski definition) is 4. The zero-order valence-corrected chi connectivity index (χ0v) is 18.4. The van der Waals surface area contributed by atoms with Gasteiger partial charge in [-0.3, -0.25) is 18.9 Å². The molecule has 11 heteroatoms. The van der Waals surface area contributed by atoms with Gasteiger partial charge in [0.2, 0.25) is 5.91 Å². The van der Waals surface area contributed by atoms with Gasteiger partial charge in [0.1, 0.15) is 6.10 Å². The number of esters is 1. The van der Waals surface area contributed by atoms with Gasteiger partial charge >= 0.3 is 11.9 Å². The number of ether oxygens (including phenoxy) is 1. The molecule has 0 aromatic heterocycles. The van der Waals surface area contributed by atoms with Crippen molar-refractivity contribution in [1.29, 1.82) is 0 Å². The number of aliphatic hydroxyl groups is 1. The number of rotatable bonds is 13. The maximum atomic E-state index is 12.8. The van der Waals surface area contributed by atoms with E-state index in [0.29, 0.717) is 6.42 Å². The summed E-state index contributed by atoms with van der Waals surface area (Å²) in [5.74, 6) is -4.88. The second-order valence-electron chi connectivity index (χ2n) is 8.04. The zero-order chi connectivity index (χ0) is 23.0. The van der Waals surface area contributed by atoms with Crippen LogP contribution in [0.1, 0.15) is 60.3 Å². The molecule has 29 heavy (non-hydrogen) atoms. The molecule has 0 rings (SSSR count). The van der Waals surface area contributed by atoms with Crippen molar-refractivity contribution in [2.45, 2.75) is 78.0 Å². The van der Waals surface area contributed by atoms with E-state index in [9.17, 15) is 33.0 Å². The summed E-state index contributed by atoms with van der Waals surface area (Å²) in [6, 6.07) is 0. The van der Waals surface area contributed by atoms with E-state index in [-0.39, 0.29) is 19.3 Å². The second kappa shape index (κ2) is 11.5. The van der Waals surface area contributed by atoms with Gasteiger partial charge in [-0.2, -0.15) is 8.42 Å². The quantitative estimate of drug-likeness (QED) is 0.241. The molecule has 4 N–H and O–H groups in total. The molecule has 0 aromatic carbocycles. The lowest BCUT2D eigenvalue weighted by Gasteiger charge is -2.30. The summed E-state index contributed by atoms with van der Waals surface area (Å²) in [6.07, 6.45) is -1.22. The molecule has 4 atom stereocenters. The molecule has 10 nitrogen and oxygen atoms in total. The number of hydrogen-bond acceptors (Lipinski definition) is 7. The van der Waals surface area contributed by atoms with E-state index in [1.54, 1.807) is 6.92 Å². The Morgan fingerprint density at radius 3 is 2.10 bits per heavy atom. The predicted molar refractivity (Wildman–Crippen MR) is 105 cm³/mol. The molecule has 0 spiro atoms. The van der Waals surface area contributed by atoms with Crippen LogP contribution in [-0.4, -0.2) is 64.5 Å². The van der Waals surface area contributed by atoms with Gasteiger partial charge in [-0.15, -0.1) is 0 Å². The van der Waals surface area contributed by atoms with E-state index in [1.807, 2.05) is 0 Å². The number of aliphatic hydroxyl groups excluding tert-OH is 1. The lowest BCUT2D eigenvalue weighted by atomic mass is 9.88. The third-order valence-corrected chi connectivity index (χ3v) is 5.41. The Morgan fingerprint density at radius 1 is 1.14 bits per heavy atom. The summed E-state index contributed by atoms with van der Waals surface area (Å²) in [6.45, 7) is 7.16. The van der Waals surface area contributed by atoms with Crippen molar-refractivity contribution in [3.05, 3.63) is 0 Å². The number of carboxylic acids is 1. The first-order valence-electron chi connectivity index (χ1n) is 9.41. The molecular formula is C18H33NO9S. The van der Waals surface area contributed by atoms with Crippen LogP contribution >= 0.6 is 0 Å². The van der Waals surface area contributed by atoms with Gasteiger partial charge in [0.15, 0.2) is 0 Å². The van der Waals surface area contributed by atoms with E-state index >= 15 is 0 Å². The van der Waals surface area contributed by atoms with Gasteiger partial charge in [-0.05, 0) is 33.1 Å². The molecular weight excluding hydrogens is 406 g/mol. The molecule has 0 aromatic rings. The normalized spacial score (nSPS) is 16.4. The summed E-state index contributed by atoms with van der Waals surface area (Å²) in [7, 11) is -4.36. The summed E-state index contributed by atoms with van der Waals surface area (Å²) >= 11 is 0. The third-order valence-electron chi connectivity index (χ3n) is 4.32. The van der Waals surface area contributed by atoms with E-state index in [1.165, 1.54) is 27.7 Å². The van der Waals surface area contributed by atoms with Crippen molar-refractivity contribution in [2.24, 2.45) is 11.8 Å². The lowest BCUT2D eigenvalue weighted by molar-refractivity contribution is -0.151. The molecule has 170 valence electrons. The minimum Gasteiger partial charge on any atom is -0.481 e. The van der Waals surface area contributed by atoms with Crippen LogP contribution in [0.5, 0.6) is 0 Å². The molecule has 4 unspecified atom stereocenters. The Kier molecular flexibility index (Phi) is 10.8. The first kappa shape index (κ1) is 27.3. The lowest BCUT2D eigenvalue weighted by Crippen LogP contribution is -2.51. The monoisotopic (exact) mass is 439 g/mol. The molecule has 1 amide bonds. The third kappa shape index (κ3) is 12.4. The molecule has 0 saturated heterocycles. The fourth-order valence-corrected chi connectivity index (χ4v) is 3.96. The van der Waals surface area contributed by atoms with Crippen LogP contribution in [-0.2, 0) is 29.2 Å². The Labute approximate surface area is 171 Å². The van der Waals surface area contributed by atoms with Crippen LogP contribution < -0.4 is 5.32 Å². The van der Waals surface area contributed by atoms with E-state index in [0.717, 1.165) is 0 Å². The summed E-state index contributed by atoms with van der Waals surface area (Å²) in [4.78, 5) is 35.4. The van der Waals surface area contributed by atoms with Crippen LogP contribution in [0.15, 0.2) is 0 Å². The molecule has 0 saturated carbocycles. The fraction of sp³-hybridized carbons (Fsp3) is 0.833. The maximum Gasteiger partial charge on any atom is 0.306 e. The highest BCUT2D eigenvalue weighted by molar-refractivity contribution is 7.85. The fourth-order valence-electron chi connectivity index (χ4n) is 2.98. The largest absolute Gasteiger partial charge is 0.481 e. The average molecular weight is 440 g/mol. The van der Waals surface area contributed by atoms with Crippen molar-refractivity contribution >= 4 is 28.0 Å². The molecule has 0 aliphatic carbocycles. The van der Waals surface area contributed by atoms with E-state index < -0.39 is 63.3 Å². The number of amides is 1. The molecule has 0 aliphatic rings. The number of carboxylic acid groups (broad SMARTS) is 1. The highest BCUT2D eigenvalue weighted by Gasteiger charge is 2.33. The Hall–Kier alpha value is -1.72. The van der Waals surface area contributed by atoms with Gasteiger partial charge in [0.25, 0.3) is 10.1 Å². The van der Waals surface area contributed by atoms with Gasteiger partial charge in [0.05, 0.1) is 23.3 Å². The number of nitrogens with one attached hydrogen (secondary N) is 1. The van der Waals surface area contributed by atoms with Crippen LogP contribution in [0, 0.1) is 11.8 Å². The highest BCUT2D eigenvalue weighted by atomic mass is 32.2. The summed E-state index contributed by atoms with van der Waals surface area (Å²) < 4.78 is 36.6. The van der Waals surface area contributed by atoms with Crippen molar-refractivity contribution < 1.29 is 42.3 Å².